The highest BCUT2D eigenvalue weighted by molar-refractivity contribution is 6.33. The molecule has 0 radical (unpaired) electrons. The monoisotopic (exact) mass is 1790 g/mol. The van der Waals surface area contributed by atoms with Crippen LogP contribution in [0.2, 0.25) is 15.1 Å². The molecule has 0 unspecified atom stereocenters. The second-order valence-electron chi connectivity index (χ2n) is 30.2. The molecule has 16 heterocycles. The summed E-state index contributed by atoms with van der Waals surface area (Å²) < 4.78 is 33.1. The van der Waals surface area contributed by atoms with Crippen molar-refractivity contribution in [3.05, 3.63) is 419 Å². The lowest BCUT2D eigenvalue weighted by Gasteiger charge is -2.10. The molecule has 9 aromatic heterocycles. The Bertz CT molecular complexity index is 6870. The van der Waals surface area contributed by atoms with Crippen LogP contribution in [-0.4, -0.2) is 90.7 Å². The Balaban J connectivity index is 0.000000112. The van der Waals surface area contributed by atoms with Crippen molar-refractivity contribution in [1.29, 1.82) is 0 Å². The summed E-state index contributed by atoms with van der Waals surface area (Å²) in [5.41, 5.74) is 25.1. The molecule has 0 fully saturated rings. The smallest absolute Gasteiger partial charge is 0.321 e. The molecule has 7 aliphatic heterocycles. The zero-order valence-corrected chi connectivity index (χ0v) is 73.8. The van der Waals surface area contributed by atoms with Gasteiger partial charge in [-0.25, -0.2) is 18.7 Å². The maximum absolute atomic E-state index is 13.9. The van der Waals surface area contributed by atoms with Crippen molar-refractivity contribution in [3.63, 3.8) is 0 Å². The summed E-state index contributed by atoms with van der Waals surface area (Å²) in [4.78, 5) is 73.5. The number of aromatic nitrogens is 10. The zero-order valence-electron chi connectivity index (χ0n) is 71.5. The van der Waals surface area contributed by atoms with E-state index in [1.165, 1.54) is 22.8 Å². The lowest BCUT2D eigenvalue weighted by atomic mass is 10.2. The fourth-order valence-electron chi connectivity index (χ4n) is 14.1. The first-order valence-electron chi connectivity index (χ1n) is 41.5. The Hall–Kier alpha value is -16.0. The van der Waals surface area contributed by atoms with Gasteiger partial charge < -0.3 is 42.0 Å². The normalized spacial score (nSPS) is 12.9. The Morgan fingerprint density at radius 3 is 1.07 bits per heavy atom. The first-order valence-corrected chi connectivity index (χ1v) is 42.7. The minimum Gasteiger partial charge on any atom is -0.423 e. The molecule has 0 saturated heterocycles. The van der Waals surface area contributed by atoms with Crippen molar-refractivity contribution in [2.75, 3.05) is 37.2 Å². The minimum atomic E-state index is -0.285. The summed E-state index contributed by atoms with van der Waals surface area (Å²) in [5.74, 6) is 7.77. The number of hydrogen-bond acceptors (Lipinski definition) is 25. The number of rotatable bonds is 9. The summed E-state index contributed by atoms with van der Waals surface area (Å²) in [5, 5.41) is 24.1. The van der Waals surface area contributed by atoms with Crippen molar-refractivity contribution in [2.24, 2.45) is 34.9 Å². The summed E-state index contributed by atoms with van der Waals surface area (Å²) in [6, 6.07) is 68.6. The van der Waals surface area contributed by atoms with E-state index in [-0.39, 0.29) is 17.6 Å². The molecule has 131 heavy (non-hydrogen) atoms. The van der Waals surface area contributed by atoms with Crippen LogP contribution in [0.3, 0.4) is 0 Å². The predicted molar refractivity (Wildman–Crippen MR) is 518 cm³/mol. The van der Waals surface area contributed by atoms with Crippen molar-refractivity contribution < 1.29 is 13.5 Å². The van der Waals surface area contributed by atoms with Crippen LogP contribution in [0, 0.1) is 58.6 Å². The SMILES string of the molecule is C#Cc1ccc(NC2=NCc3cccnc32)cc1Cl.Cc1cc(NC2=NCc3cccnc32)ccn1.Cc1ccc(F)c(NC2=NCc3cccnc32)c1.Cc1ccc(NC2=NCc3cccnc32)cc1Cl.Cc1cccc(NC2=NCc3cccnc32)c1.Cc1cccc(NC2=NCc3cccnc32)c1F.Clc1cc(NC2=NCc3cccnc32)ccc1Oc1ncccn1. The number of amidine groups is 7. The molecule has 0 aliphatic carbocycles. The summed E-state index contributed by atoms with van der Waals surface area (Å²) in [6.45, 7) is 14.3. The minimum absolute atomic E-state index is 0.246. The van der Waals surface area contributed by atoms with Gasteiger partial charge in [0.25, 0.3) is 0 Å². The highest BCUT2D eigenvalue weighted by Gasteiger charge is 2.25. The number of aliphatic imine (C=N–C) groups is 7. The van der Waals surface area contributed by atoms with Crippen LogP contribution < -0.4 is 42.0 Å². The van der Waals surface area contributed by atoms with Crippen LogP contribution in [-0.2, 0) is 45.8 Å². The lowest BCUT2D eigenvalue weighted by molar-refractivity contribution is 0.442. The summed E-state index contributed by atoms with van der Waals surface area (Å²) in [7, 11) is 0. The number of benzene rings is 6. The zero-order chi connectivity index (χ0) is 90.5. The molecule has 0 saturated carbocycles. The number of nitrogens with one attached hydrogen (secondary N) is 7. The van der Waals surface area contributed by atoms with E-state index in [0.29, 0.717) is 89.2 Å². The molecular weight excluding hydrogens is 1710 g/mol. The Morgan fingerprint density at radius 1 is 0.298 bits per heavy atom. The molecule has 0 spiro atoms. The number of nitrogens with zero attached hydrogens (tertiary/aromatic N) is 17. The van der Waals surface area contributed by atoms with Crippen LogP contribution >= 0.6 is 34.8 Å². The van der Waals surface area contributed by atoms with Gasteiger partial charge in [0.1, 0.15) is 57.2 Å². The van der Waals surface area contributed by atoms with E-state index >= 15 is 0 Å². The molecule has 7 aliphatic rings. The van der Waals surface area contributed by atoms with Gasteiger partial charge in [0, 0.05) is 146 Å². The molecule has 0 bridgehead atoms. The number of terminal acetylenes is 1. The number of ether oxygens (including phenoxy) is 1. The second-order valence-corrected chi connectivity index (χ2v) is 31.4. The van der Waals surface area contributed by atoms with Gasteiger partial charge in [0.15, 0.2) is 40.8 Å². The van der Waals surface area contributed by atoms with E-state index in [4.69, 9.17) is 46.0 Å². The van der Waals surface area contributed by atoms with Crippen molar-refractivity contribution in [1.82, 2.24) is 49.8 Å². The highest BCUT2D eigenvalue weighted by Crippen LogP contribution is 2.33. The number of hydrogen-bond donors (Lipinski definition) is 7. The largest absolute Gasteiger partial charge is 0.423 e. The first-order chi connectivity index (χ1) is 63.9. The molecule has 0 amide bonds. The third-order valence-electron chi connectivity index (χ3n) is 20.7. The first kappa shape index (κ1) is 88.4. The molecule has 7 N–H and O–H groups in total. The average Bonchev–Trinajstić information content (AvgIpc) is 1.71. The topological polar surface area (TPSA) is 309 Å². The van der Waals surface area contributed by atoms with E-state index in [0.717, 1.165) is 154 Å². The standard InChI is InChI=1S/C17H12ClN5O.C15H10ClN3.C14H12ClN3.2C14H12FN3.C14H13N3.C13H12N4/c18-13-9-12(4-5-14(13)24-17-20-7-2-8-21-17)23-16-15-11(10-22-16)3-1-6-19-15;1-2-10-5-6-12(8-13(10)16)19-15-14-11(9-18-15)4-3-7-17-14;1-9-4-5-11(7-12(9)15)18-14-13-10(8-17-14)3-2-6-16-13;1-9-4-2-6-11(12(9)15)18-14-13-10(8-17-14)5-3-7-16-13;1-9-4-5-11(15)12(7-9)18-14-13-10(8-17-14)3-2-6-16-13;1-10-4-2-6-12(8-10)17-14-13-11(9-16-14)5-3-7-15-13;1-9-7-11(4-6-14-9)17-13-12-10(8-16-13)3-2-5-15-12/h1-9H,10H2,(H,22,23);1,3-8H,9H2,(H,18,19);3*2-7H,8H2,1H3,(H,17,18);2-8H,9H2,1H3,(H,16,17);2-7H,8H2,1H3,(H,14,16,17). The maximum atomic E-state index is 13.9. The fourth-order valence-corrected chi connectivity index (χ4v) is 14.7. The van der Waals surface area contributed by atoms with Crippen LogP contribution in [0.15, 0.2) is 315 Å². The number of anilines is 7. The van der Waals surface area contributed by atoms with Gasteiger partial charge in [-0.3, -0.25) is 74.8 Å². The summed E-state index contributed by atoms with van der Waals surface area (Å²) in [6.07, 6.45) is 22.7. The Labute approximate surface area is 770 Å². The van der Waals surface area contributed by atoms with E-state index < -0.39 is 0 Å². The number of fused-ring (bicyclic) bond motifs is 7. The average molecular weight is 1790 g/mol. The Morgan fingerprint density at radius 2 is 0.664 bits per heavy atom. The van der Waals surface area contributed by atoms with Crippen LogP contribution in [0.4, 0.5) is 48.6 Å². The molecular formula is C101H83Cl3F2N24O. The molecule has 25 nitrogen and oxygen atoms in total. The third-order valence-corrected chi connectivity index (χ3v) is 21.7. The van der Waals surface area contributed by atoms with E-state index in [9.17, 15) is 8.78 Å². The number of halogens is 5. The van der Waals surface area contributed by atoms with Crippen LogP contribution in [0.1, 0.15) is 112 Å². The molecule has 6 aromatic carbocycles. The van der Waals surface area contributed by atoms with Gasteiger partial charge in [-0.2, -0.15) is 0 Å². The van der Waals surface area contributed by atoms with E-state index in [1.54, 1.807) is 123 Å². The van der Waals surface area contributed by atoms with Gasteiger partial charge in [-0.05, 0) is 196 Å². The molecule has 30 heteroatoms. The third kappa shape index (κ3) is 22.5. The van der Waals surface area contributed by atoms with E-state index in [2.05, 4.69) is 159 Å². The van der Waals surface area contributed by atoms with Gasteiger partial charge >= 0.3 is 6.01 Å². The maximum Gasteiger partial charge on any atom is 0.321 e. The Kier molecular flexibility index (Phi) is 28.4. The molecule has 648 valence electrons. The van der Waals surface area contributed by atoms with Crippen molar-refractivity contribution >= 4 is 115 Å². The van der Waals surface area contributed by atoms with Gasteiger partial charge in [-0.15, -0.1) is 6.42 Å². The van der Waals surface area contributed by atoms with Gasteiger partial charge in [0.05, 0.1) is 67.2 Å². The van der Waals surface area contributed by atoms with Gasteiger partial charge in [0.2, 0.25) is 0 Å². The summed E-state index contributed by atoms with van der Waals surface area (Å²) >= 11 is 18.5. The lowest BCUT2D eigenvalue weighted by Crippen LogP contribution is -2.14. The van der Waals surface area contributed by atoms with E-state index in [1.807, 2.05) is 154 Å². The van der Waals surface area contributed by atoms with Crippen LogP contribution in [0.5, 0.6) is 11.8 Å². The van der Waals surface area contributed by atoms with Crippen LogP contribution in [0.25, 0.3) is 0 Å². The highest BCUT2D eigenvalue weighted by atomic mass is 35.5. The predicted octanol–water partition coefficient (Wildman–Crippen LogP) is 20.9. The van der Waals surface area contributed by atoms with Crippen molar-refractivity contribution in [2.45, 2.75) is 80.4 Å². The van der Waals surface area contributed by atoms with Crippen molar-refractivity contribution in [3.8, 4) is 24.1 Å². The molecule has 15 aromatic rings. The number of aryl methyl sites for hydroxylation is 5. The fraction of sp³-hybridized carbons (Fsp3) is 0.119. The van der Waals surface area contributed by atoms with Gasteiger partial charge in [-0.1, -0.05) is 120 Å². The second kappa shape index (κ2) is 42.1. The molecule has 22 rings (SSSR count). The quantitative estimate of drug-likeness (QED) is 0.0660. The number of pyridine rings is 8. The molecule has 0 atom stereocenters.